The third kappa shape index (κ3) is 2.89. The fourth-order valence-corrected chi connectivity index (χ4v) is 3.02. The Bertz CT molecular complexity index is 702. The molecule has 0 spiro atoms. The molecule has 0 saturated heterocycles. The van der Waals surface area contributed by atoms with Gasteiger partial charge < -0.3 is 4.74 Å². The van der Waals surface area contributed by atoms with E-state index in [0.717, 1.165) is 16.3 Å². The van der Waals surface area contributed by atoms with E-state index in [1.807, 2.05) is 37.3 Å². The van der Waals surface area contributed by atoms with Crippen molar-refractivity contribution in [3.63, 3.8) is 0 Å². The van der Waals surface area contributed by atoms with Crippen molar-refractivity contribution in [1.29, 1.82) is 0 Å². The number of ether oxygens (including phenoxy) is 1. The number of carbonyl (C=O) groups excluding carboxylic acids is 2. The van der Waals surface area contributed by atoms with Crippen molar-refractivity contribution >= 4 is 22.5 Å². The first-order valence-electron chi connectivity index (χ1n) is 7.74. The molecule has 0 heterocycles. The van der Waals surface area contributed by atoms with Crippen molar-refractivity contribution in [2.75, 3.05) is 0 Å². The third-order valence-corrected chi connectivity index (χ3v) is 4.64. The van der Waals surface area contributed by atoms with Crippen molar-refractivity contribution in [2.24, 2.45) is 5.41 Å². The van der Waals surface area contributed by atoms with Crippen molar-refractivity contribution in [1.82, 2.24) is 0 Å². The minimum absolute atomic E-state index is 0.187. The Balaban J connectivity index is 1.71. The Kier molecular flexibility index (Phi) is 3.97. The molecule has 0 bridgehead atoms. The van der Waals surface area contributed by atoms with Crippen LogP contribution in [0.3, 0.4) is 0 Å². The number of hydrogen-bond donors (Lipinski definition) is 0. The Morgan fingerprint density at radius 2 is 1.77 bits per heavy atom. The highest BCUT2D eigenvalue weighted by Gasteiger charge is 2.38. The number of fused-ring (bicyclic) bond motifs is 1. The number of benzene rings is 2. The Morgan fingerprint density at radius 1 is 1.09 bits per heavy atom. The van der Waals surface area contributed by atoms with Gasteiger partial charge in [0.25, 0.3) is 0 Å². The highest BCUT2D eigenvalue weighted by molar-refractivity contribution is 5.86. The van der Waals surface area contributed by atoms with Gasteiger partial charge in [-0.2, -0.15) is 0 Å². The van der Waals surface area contributed by atoms with E-state index in [4.69, 9.17) is 4.74 Å². The molecule has 1 fully saturated rings. The first kappa shape index (κ1) is 14.8. The lowest BCUT2D eigenvalue weighted by Gasteiger charge is -2.30. The second kappa shape index (κ2) is 5.91. The highest BCUT2D eigenvalue weighted by Crippen LogP contribution is 2.35. The predicted octanol–water partition coefficient (Wildman–Crippen LogP) is 4.03. The summed E-state index contributed by atoms with van der Waals surface area (Å²) in [5.41, 5.74) is 0.500. The van der Waals surface area contributed by atoms with Gasteiger partial charge in [0.05, 0.1) is 5.41 Å². The number of Topliss-reactive ketones (excluding diaryl/α,β-unsaturated/α-hetero) is 1. The smallest absolute Gasteiger partial charge is 0.312 e. The second-order valence-electron chi connectivity index (χ2n) is 6.31. The van der Waals surface area contributed by atoms with Gasteiger partial charge in [0.1, 0.15) is 12.4 Å². The molecule has 0 atom stereocenters. The fourth-order valence-electron chi connectivity index (χ4n) is 3.02. The van der Waals surface area contributed by atoms with E-state index in [2.05, 4.69) is 12.1 Å². The monoisotopic (exact) mass is 296 g/mol. The zero-order valence-electron chi connectivity index (χ0n) is 12.8. The van der Waals surface area contributed by atoms with Crippen molar-refractivity contribution < 1.29 is 14.3 Å². The lowest BCUT2D eigenvalue weighted by atomic mass is 9.75. The van der Waals surface area contributed by atoms with Gasteiger partial charge >= 0.3 is 5.97 Å². The fraction of sp³-hybridized carbons (Fsp3) is 0.368. The van der Waals surface area contributed by atoms with Crippen LogP contribution in [0.5, 0.6) is 0 Å². The van der Waals surface area contributed by atoms with Crippen LogP contribution in [0, 0.1) is 5.41 Å². The molecular weight excluding hydrogens is 276 g/mol. The molecule has 0 aromatic heterocycles. The van der Waals surface area contributed by atoms with E-state index >= 15 is 0 Å². The van der Waals surface area contributed by atoms with Crippen LogP contribution in [0.4, 0.5) is 0 Å². The van der Waals surface area contributed by atoms with Gasteiger partial charge in [0, 0.05) is 12.8 Å². The van der Waals surface area contributed by atoms with Gasteiger partial charge in [-0.05, 0) is 36.1 Å². The van der Waals surface area contributed by atoms with Crippen LogP contribution in [0.25, 0.3) is 10.8 Å². The van der Waals surface area contributed by atoms with Crippen molar-refractivity contribution in [3.8, 4) is 0 Å². The average molecular weight is 296 g/mol. The molecule has 1 aliphatic carbocycles. The molecule has 22 heavy (non-hydrogen) atoms. The molecule has 2 aromatic rings. The molecule has 0 amide bonds. The summed E-state index contributed by atoms with van der Waals surface area (Å²) in [6, 6.07) is 14.1. The van der Waals surface area contributed by atoms with Gasteiger partial charge in [-0.3, -0.25) is 9.59 Å². The first-order chi connectivity index (χ1) is 10.6. The van der Waals surface area contributed by atoms with Crippen LogP contribution in [0.15, 0.2) is 42.5 Å². The van der Waals surface area contributed by atoms with Crippen LogP contribution >= 0.6 is 0 Å². The van der Waals surface area contributed by atoms with Gasteiger partial charge in [0.2, 0.25) is 0 Å². The zero-order valence-corrected chi connectivity index (χ0v) is 12.8. The molecule has 3 nitrogen and oxygen atoms in total. The first-order valence-corrected chi connectivity index (χ1v) is 7.74. The quantitative estimate of drug-likeness (QED) is 0.803. The average Bonchev–Trinajstić information content (AvgIpc) is 2.55. The van der Waals surface area contributed by atoms with Crippen LogP contribution in [-0.4, -0.2) is 11.8 Å². The second-order valence-corrected chi connectivity index (χ2v) is 6.31. The summed E-state index contributed by atoms with van der Waals surface area (Å²) in [4.78, 5) is 23.7. The van der Waals surface area contributed by atoms with Crippen molar-refractivity contribution in [3.05, 3.63) is 48.0 Å². The van der Waals surface area contributed by atoms with Crippen LogP contribution < -0.4 is 0 Å². The number of carbonyl (C=O) groups is 2. The molecule has 0 unspecified atom stereocenters. The zero-order chi connectivity index (χ0) is 15.6. The molecule has 1 saturated carbocycles. The van der Waals surface area contributed by atoms with E-state index < -0.39 is 5.41 Å². The van der Waals surface area contributed by atoms with E-state index in [9.17, 15) is 9.59 Å². The topological polar surface area (TPSA) is 43.4 Å². The molecule has 2 aromatic carbocycles. The molecule has 3 heteroatoms. The number of ketones is 1. The standard InChI is InChI=1S/C19H20O3/c1-19(11-9-16(20)10-12-19)18(21)22-13-15-7-4-6-14-5-2-3-8-17(14)15/h2-8H,9-13H2,1H3. The maximum absolute atomic E-state index is 12.4. The molecule has 3 rings (SSSR count). The summed E-state index contributed by atoms with van der Waals surface area (Å²) in [6.07, 6.45) is 2.17. The minimum Gasteiger partial charge on any atom is -0.460 e. The van der Waals surface area contributed by atoms with Crippen LogP contribution in [0.2, 0.25) is 0 Å². The summed E-state index contributed by atoms with van der Waals surface area (Å²) in [6.45, 7) is 2.19. The maximum Gasteiger partial charge on any atom is 0.312 e. The Hall–Kier alpha value is -2.16. The Labute approximate surface area is 130 Å². The normalized spacial score (nSPS) is 17.4. The maximum atomic E-state index is 12.4. The number of esters is 1. The highest BCUT2D eigenvalue weighted by atomic mass is 16.5. The minimum atomic E-state index is -0.515. The largest absolute Gasteiger partial charge is 0.460 e. The molecule has 0 aliphatic heterocycles. The van der Waals surface area contributed by atoms with Crippen LogP contribution in [0.1, 0.15) is 38.2 Å². The molecule has 1 aliphatic rings. The predicted molar refractivity (Wildman–Crippen MR) is 85.3 cm³/mol. The van der Waals surface area contributed by atoms with E-state index in [0.29, 0.717) is 25.7 Å². The van der Waals surface area contributed by atoms with Gasteiger partial charge in [-0.15, -0.1) is 0 Å². The van der Waals surface area contributed by atoms with Gasteiger partial charge in [-0.25, -0.2) is 0 Å². The summed E-state index contributed by atoms with van der Waals surface area (Å²) in [7, 11) is 0. The van der Waals surface area contributed by atoms with Crippen LogP contribution in [-0.2, 0) is 20.9 Å². The summed E-state index contributed by atoms with van der Waals surface area (Å²) in [5.74, 6) is 0.0623. The molecule has 114 valence electrons. The van der Waals surface area contributed by atoms with Crippen molar-refractivity contribution in [2.45, 2.75) is 39.2 Å². The number of rotatable bonds is 3. The summed E-state index contributed by atoms with van der Waals surface area (Å²) >= 11 is 0. The summed E-state index contributed by atoms with van der Waals surface area (Å²) in [5, 5.41) is 2.26. The number of hydrogen-bond acceptors (Lipinski definition) is 3. The Morgan fingerprint density at radius 3 is 2.55 bits per heavy atom. The van der Waals surface area contributed by atoms with Gasteiger partial charge in [-0.1, -0.05) is 42.5 Å². The molecule has 0 N–H and O–H groups in total. The van der Waals surface area contributed by atoms with E-state index in [1.165, 1.54) is 0 Å². The summed E-state index contributed by atoms with van der Waals surface area (Å²) < 4.78 is 5.56. The lowest BCUT2D eigenvalue weighted by molar-refractivity contribution is -0.158. The third-order valence-electron chi connectivity index (χ3n) is 4.64. The van der Waals surface area contributed by atoms with E-state index in [1.54, 1.807) is 0 Å². The lowest BCUT2D eigenvalue weighted by Crippen LogP contribution is -2.34. The molecule has 0 radical (unpaired) electrons. The van der Waals surface area contributed by atoms with E-state index in [-0.39, 0.29) is 18.4 Å². The molecular formula is C19H20O3. The van der Waals surface area contributed by atoms with Gasteiger partial charge in [0.15, 0.2) is 0 Å². The SMILES string of the molecule is CC1(C(=O)OCc2cccc3ccccc23)CCC(=O)CC1.